The lowest BCUT2D eigenvalue weighted by Gasteiger charge is -2.20. The molecule has 190 valence electrons. The molecule has 0 radical (unpaired) electrons. The lowest BCUT2D eigenvalue weighted by Crippen LogP contribution is -2.36. The predicted octanol–water partition coefficient (Wildman–Crippen LogP) is 2.82. The quantitative estimate of drug-likeness (QED) is 0.128. The number of hydrogen-bond acceptors (Lipinski definition) is 8. The van der Waals surface area contributed by atoms with E-state index in [1.807, 2.05) is 18.2 Å². The number of nitrogens with one attached hydrogen (secondary N) is 3. The number of aliphatic hydroxyl groups excluding tert-OH is 2. The van der Waals surface area contributed by atoms with Crippen LogP contribution < -0.4 is 20.2 Å². The first-order valence-corrected chi connectivity index (χ1v) is 12.6. The number of aliphatic hydroxyl groups is 2. The summed E-state index contributed by atoms with van der Waals surface area (Å²) in [6.07, 6.45) is -0.903. The van der Waals surface area contributed by atoms with Gasteiger partial charge in [-0.1, -0.05) is 59.9 Å². The largest absolute Gasteiger partial charge is 0.506 e. The molecule has 2 unspecified atom stereocenters. The third-order valence-electron chi connectivity index (χ3n) is 6.09. The number of phenols is 1. The highest BCUT2D eigenvalue weighted by Gasteiger charge is 2.22. The highest BCUT2D eigenvalue weighted by molar-refractivity contribution is 7.16. The van der Waals surface area contributed by atoms with Crippen LogP contribution in [0.2, 0.25) is 0 Å². The van der Waals surface area contributed by atoms with Crippen molar-refractivity contribution in [2.24, 2.45) is 0 Å². The number of rotatable bonds is 12. The van der Waals surface area contributed by atoms with E-state index in [2.05, 4.69) is 45.9 Å². The molecule has 0 saturated carbocycles. The molecular weight excluding hydrogens is 478 g/mol. The molecule has 4 aromatic rings. The van der Waals surface area contributed by atoms with Gasteiger partial charge in [0.05, 0.1) is 11.8 Å². The minimum atomic E-state index is -1.25. The van der Waals surface area contributed by atoms with Gasteiger partial charge in [-0.25, -0.2) is 0 Å². The molecule has 8 nitrogen and oxygen atoms in total. The topological polar surface area (TPSA) is 127 Å². The second-order valence-corrected chi connectivity index (χ2v) is 9.52. The molecule has 0 fully saturated rings. The standard InChI is InChI=1S/C27H31N3O5S/c1-35-22-5-3-2-4-19(22)13-14-28-16-18-8-6-17(7-9-18)12-15-29-26(33)24(32)20-10-11-21(31)23-25(20)36-27(34)30-23/h2-11,24,26,28-29,31-33H,12-16H2,1H3,(H,30,34). The Balaban J connectivity index is 1.22. The fraction of sp³-hybridized carbons (Fsp3) is 0.296. The number of thiazole rings is 1. The summed E-state index contributed by atoms with van der Waals surface area (Å²) in [6.45, 7) is 2.07. The molecule has 6 N–H and O–H groups in total. The van der Waals surface area contributed by atoms with Crippen molar-refractivity contribution >= 4 is 21.6 Å². The van der Waals surface area contributed by atoms with E-state index in [0.29, 0.717) is 23.2 Å². The van der Waals surface area contributed by atoms with Crippen LogP contribution in [0.25, 0.3) is 10.2 Å². The van der Waals surface area contributed by atoms with Gasteiger partial charge in [0.1, 0.15) is 29.3 Å². The second-order valence-electron chi connectivity index (χ2n) is 8.54. The summed E-state index contributed by atoms with van der Waals surface area (Å²) in [6, 6.07) is 19.2. The van der Waals surface area contributed by atoms with E-state index in [4.69, 9.17) is 4.74 Å². The van der Waals surface area contributed by atoms with E-state index in [-0.39, 0.29) is 16.1 Å². The summed E-state index contributed by atoms with van der Waals surface area (Å²) < 4.78 is 5.83. The van der Waals surface area contributed by atoms with Crippen LogP contribution in [0.1, 0.15) is 28.4 Å². The van der Waals surface area contributed by atoms with Gasteiger partial charge in [0.2, 0.25) is 0 Å². The Hall–Kier alpha value is -3.21. The first-order valence-electron chi connectivity index (χ1n) is 11.8. The summed E-state index contributed by atoms with van der Waals surface area (Å²) in [5.74, 6) is 0.838. The molecule has 1 aromatic heterocycles. The molecule has 4 rings (SSSR count). The van der Waals surface area contributed by atoms with Crippen LogP contribution in [-0.4, -0.2) is 46.7 Å². The molecule has 0 spiro atoms. The van der Waals surface area contributed by atoms with Crippen LogP contribution in [0.5, 0.6) is 11.5 Å². The van der Waals surface area contributed by atoms with Crippen LogP contribution >= 0.6 is 11.3 Å². The smallest absolute Gasteiger partial charge is 0.305 e. The normalized spacial score (nSPS) is 13.1. The van der Waals surface area contributed by atoms with Crippen molar-refractivity contribution in [2.45, 2.75) is 31.7 Å². The number of benzene rings is 3. The lowest BCUT2D eigenvalue weighted by atomic mass is 10.1. The zero-order valence-electron chi connectivity index (χ0n) is 20.0. The van der Waals surface area contributed by atoms with E-state index >= 15 is 0 Å². The van der Waals surface area contributed by atoms with Gasteiger partial charge in [-0.3, -0.25) is 10.1 Å². The Morgan fingerprint density at radius 3 is 2.50 bits per heavy atom. The van der Waals surface area contributed by atoms with Crippen molar-refractivity contribution in [1.29, 1.82) is 0 Å². The van der Waals surface area contributed by atoms with Crippen molar-refractivity contribution < 1.29 is 20.1 Å². The van der Waals surface area contributed by atoms with Crippen molar-refractivity contribution in [3.05, 3.63) is 92.6 Å². The summed E-state index contributed by atoms with van der Waals surface area (Å²) >= 11 is 0.887. The van der Waals surface area contributed by atoms with Crippen LogP contribution in [-0.2, 0) is 19.4 Å². The van der Waals surface area contributed by atoms with Crippen molar-refractivity contribution in [3.63, 3.8) is 0 Å². The molecule has 3 aromatic carbocycles. The minimum Gasteiger partial charge on any atom is -0.506 e. The predicted molar refractivity (Wildman–Crippen MR) is 142 cm³/mol. The Morgan fingerprint density at radius 2 is 1.72 bits per heavy atom. The second kappa shape index (κ2) is 12.2. The van der Waals surface area contributed by atoms with Gasteiger partial charge in [-0.2, -0.15) is 0 Å². The summed E-state index contributed by atoms with van der Waals surface area (Å²) in [5.41, 5.74) is 4.13. The summed E-state index contributed by atoms with van der Waals surface area (Å²) in [5, 5.41) is 37.4. The van der Waals surface area contributed by atoms with Crippen LogP contribution in [0.4, 0.5) is 0 Å². The number of hydrogen-bond donors (Lipinski definition) is 6. The fourth-order valence-electron chi connectivity index (χ4n) is 4.11. The van der Waals surface area contributed by atoms with Crippen molar-refractivity contribution in [3.8, 4) is 11.5 Å². The average molecular weight is 510 g/mol. The third kappa shape index (κ3) is 6.31. The molecule has 9 heteroatoms. The zero-order chi connectivity index (χ0) is 25.5. The maximum atomic E-state index is 11.7. The highest BCUT2D eigenvalue weighted by Crippen LogP contribution is 2.32. The fourth-order valence-corrected chi connectivity index (χ4v) is 5.01. The zero-order valence-corrected chi connectivity index (χ0v) is 20.8. The molecule has 1 heterocycles. The molecule has 0 saturated heterocycles. The van der Waals surface area contributed by atoms with Crippen LogP contribution in [0.15, 0.2) is 65.5 Å². The van der Waals surface area contributed by atoms with Crippen LogP contribution in [0.3, 0.4) is 0 Å². The number of aromatic nitrogens is 1. The first-order chi connectivity index (χ1) is 17.5. The summed E-state index contributed by atoms with van der Waals surface area (Å²) in [7, 11) is 1.69. The SMILES string of the molecule is COc1ccccc1CCNCc1ccc(CCNC(O)C(O)c2ccc(O)c3[nH]c(=O)sc23)cc1. The highest BCUT2D eigenvalue weighted by atomic mass is 32.1. The maximum Gasteiger partial charge on any atom is 0.305 e. The first kappa shape index (κ1) is 25.9. The molecule has 0 bridgehead atoms. The van der Waals surface area contributed by atoms with Gasteiger partial charge in [-0.05, 0) is 48.2 Å². The van der Waals surface area contributed by atoms with Gasteiger partial charge in [0, 0.05) is 18.7 Å². The molecule has 2 atom stereocenters. The lowest BCUT2D eigenvalue weighted by molar-refractivity contribution is -0.00168. The summed E-state index contributed by atoms with van der Waals surface area (Å²) in [4.78, 5) is 13.9. The number of H-pyrrole nitrogens is 1. The Morgan fingerprint density at radius 1 is 0.972 bits per heavy atom. The van der Waals surface area contributed by atoms with Crippen molar-refractivity contribution in [1.82, 2.24) is 15.6 Å². The van der Waals surface area contributed by atoms with Gasteiger partial charge >= 0.3 is 4.87 Å². The van der Waals surface area contributed by atoms with Crippen molar-refractivity contribution in [2.75, 3.05) is 20.2 Å². The van der Waals surface area contributed by atoms with Gasteiger partial charge < -0.3 is 30.4 Å². The number of phenolic OH excluding ortho intramolecular Hbond substituents is 1. The van der Waals surface area contributed by atoms with Gasteiger partial charge in [-0.15, -0.1) is 0 Å². The van der Waals surface area contributed by atoms with Gasteiger partial charge in [0.15, 0.2) is 0 Å². The number of ether oxygens (including phenoxy) is 1. The number of para-hydroxylation sites is 1. The number of aromatic hydroxyl groups is 1. The molecule has 0 aliphatic carbocycles. The Bertz CT molecular complexity index is 1340. The number of fused-ring (bicyclic) bond motifs is 1. The van der Waals surface area contributed by atoms with Crippen LogP contribution in [0, 0.1) is 0 Å². The minimum absolute atomic E-state index is 0.0724. The monoisotopic (exact) mass is 509 g/mol. The van der Waals surface area contributed by atoms with E-state index < -0.39 is 12.3 Å². The van der Waals surface area contributed by atoms with Gasteiger partial charge in [0.25, 0.3) is 0 Å². The average Bonchev–Trinajstić information content (AvgIpc) is 3.29. The molecule has 0 aliphatic heterocycles. The van der Waals surface area contributed by atoms with E-state index in [1.54, 1.807) is 7.11 Å². The Labute approximate surface area is 213 Å². The van der Waals surface area contributed by atoms with E-state index in [0.717, 1.165) is 42.2 Å². The number of aromatic amines is 1. The molecule has 0 aliphatic rings. The molecular formula is C27H31N3O5S. The maximum absolute atomic E-state index is 11.7. The molecule has 0 amide bonds. The Kier molecular flexibility index (Phi) is 8.74. The third-order valence-corrected chi connectivity index (χ3v) is 7.02. The number of methoxy groups -OCH3 is 1. The molecule has 36 heavy (non-hydrogen) atoms. The van der Waals surface area contributed by atoms with E-state index in [9.17, 15) is 20.1 Å². The van der Waals surface area contributed by atoms with E-state index in [1.165, 1.54) is 23.3 Å².